The molecular formula is C24H25N5. The van der Waals surface area contributed by atoms with Gasteiger partial charge >= 0.3 is 0 Å². The van der Waals surface area contributed by atoms with Gasteiger partial charge in [-0.1, -0.05) is 18.7 Å². The number of imidazole rings is 1. The summed E-state index contributed by atoms with van der Waals surface area (Å²) < 4.78 is 2.18. The minimum absolute atomic E-state index is 0.691. The van der Waals surface area contributed by atoms with E-state index in [2.05, 4.69) is 62.4 Å². The number of hydrogen-bond donors (Lipinski definition) is 1. The Hall–Kier alpha value is -3.08. The van der Waals surface area contributed by atoms with Gasteiger partial charge in [0.25, 0.3) is 0 Å². The van der Waals surface area contributed by atoms with Crippen molar-refractivity contribution in [3.63, 3.8) is 0 Å². The van der Waals surface area contributed by atoms with Gasteiger partial charge < -0.3 is 10.6 Å². The lowest BCUT2D eigenvalue weighted by molar-refractivity contribution is 0.240. The summed E-state index contributed by atoms with van der Waals surface area (Å²) in [5, 5.41) is 0. The summed E-state index contributed by atoms with van der Waals surface area (Å²) in [6.45, 7) is 6.72. The molecule has 1 aliphatic carbocycles. The molecule has 146 valence electrons. The summed E-state index contributed by atoms with van der Waals surface area (Å²) in [6.07, 6.45) is 9.02. The Morgan fingerprint density at radius 2 is 1.86 bits per heavy atom. The average Bonchev–Trinajstić information content (AvgIpc) is 3.41. The van der Waals surface area contributed by atoms with Gasteiger partial charge in [0, 0.05) is 25.7 Å². The number of rotatable bonds is 3. The Morgan fingerprint density at radius 3 is 2.69 bits per heavy atom. The number of piperidine rings is 1. The van der Waals surface area contributed by atoms with E-state index in [0.29, 0.717) is 5.84 Å². The van der Waals surface area contributed by atoms with E-state index in [1.807, 2.05) is 6.20 Å². The van der Waals surface area contributed by atoms with Gasteiger partial charge in [-0.05, 0) is 66.0 Å². The van der Waals surface area contributed by atoms with E-state index >= 15 is 0 Å². The third kappa shape index (κ3) is 2.76. The molecule has 6 rings (SSSR count). The van der Waals surface area contributed by atoms with Gasteiger partial charge in [-0.3, -0.25) is 4.40 Å². The number of benzene rings is 1. The molecule has 0 amide bonds. The maximum absolute atomic E-state index is 5.91. The second kappa shape index (κ2) is 6.21. The van der Waals surface area contributed by atoms with Crippen LogP contribution in [0.4, 0.5) is 5.69 Å². The van der Waals surface area contributed by atoms with Gasteiger partial charge in [0.15, 0.2) is 0 Å². The topological polar surface area (TPSA) is 58.9 Å². The fourth-order valence-corrected chi connectivity index (χ4v) is 5.34. The third-order valence-corrected chi connectivity index (χ3v) is 6.84. The molecule has 2 N–H and O–H groups in total. The molecule has 2 atom stereocenters. The van der Waals surface area contributed by atoms with E-state index in [4.69, 9.17) is 5.73 Å². The highest BCUT2D eigenvalue weighted by atomic mass is 15.2. The van der Waals surface area contributed by atoms with E-state index < -0.39 is 0 Å². The van der Waals surface area contributed by atoms with E-state index in [-0.39, 0.29) is 0 Å². The zero-order valence-corrected chi connectivity index (χ0v) is 16.5. The SMILES string of the molecule is C=C(c1cnc2ccc(-c3ccc4c(c3)N=C(N)C4)cn12)N1CC2CCC(C2)C1. The zero-order chi connectivity index (χ0) is 19.5. The lowest BCUT2D eigenvalue weighted by Gasteiger charge is -2.34. The second-order valence-corrected chi connectivity index (χ2v) is 8.81. The zero-order valence-electron chi connectivity index (χ0n) is 16.5. The van der Waals surface area contributed by atoms with Crippen molar-refractivity contribution in [2.75, 3.05) is 13.1 Å². The second-order valence-electron chi connectivity index (χ2n) is 8.81. The number of aromatic nitrogens is 2. The maximum atomic E-state index is 5.91. The number of nitrogens with zero attached hydrogens (tertiary/aromatic N) is 4. The van der Waals surface area contributed by atoms with E-state index in [9.17, 15) is 0 Å². The fourth-order valence-electron chi connectivity index (χ4n) is 5.34. The first-order valence-electron chi connectivity index (χ1n) is 10.5. The predicted molar refractivity (Wildman–Crippen MR) is 117 cm³/mol. The Labute approximate surface area is 170 Å². The molecule has 2 bridgehead atoms. The molecule has 2 aromatic heterocycles. The lowest BCUT2D eigenvalue weighted by atomic mass is 9.98. The molecule has 0 radical (unpaired) electrons. The number of nitrogens with two attached hydrogens (primary N) is 1. The van der Waals surface area contributed by atoms with Gasteiger partial charge in [0.1, 0.15) is 11.5 Å². The molecule has 4 heterocycles. The van der Waals surface area contributed by atoms with Crippen molar-refractivity contribution in [3.05, 3.63) is 60.6 Å². The van der Waals surface area contributed by atoms with Crippen LogP contribution in [0.1, 0.15) is 30.5 Å². The van der Waals surface area contributed by atoms with Gasteiger partial charge in [-0.25, -0.2) is 9.98 Å². The minimum Gasteiger partial charge on any atom is -0.387 e. The average molecular weight is 383 g/mol. The third-order valence-electron chi connectivity index (χ3n) is 6.84. The van der Waals surface area contributed by atoms with Crippen LogP contribution in [0, 0.1) is 11.8 Å². The number of amidine groups is 1. The van der Waals surface area contributed by atoms with E-state index in [1.54, 1.807) is 0 Å². The normalized spacial score (nSPS) is 22.8. The Kier molecular flexibility index (Phi) is 3.60. The predicted octanol–water partition coefficient (Wildman–Crippen LogP) is 4.25. The van der Waals surface area contributed by atoms with Gasteiger partial charge in [0.2, 0.25) is 0 Å². The number of fused-ring (bicyclic) bond motifs is 4. The standard InChI is InChI=1S/C24H25N5/c1-15(28-12-16-2-3-17(8-16)13-28)22-11-26-24-7-6-20(14-29(22)24)18-4-5-19-10-23(25)27-21(19)9-18/h4-7,9,11,14,16-17H,1-3,8,10,12-13H2,(H2,25,27). The maximum Gasteiger partial charge on any atom is 0.137 e. The molecule has 3 aliphatic rings. The molecule has 1 saturated carbocycles. The number of likely N-dealkylation sites (tertiary alicyclic amines) is 1. The van der Waals surface area contributed by atoms with E-state index in [1.165, 1.54) is 24.8 Å². The van der Waals surface area contributed by atoms with Crippen molar-refractivity contribution in [3.8, 4) is 11.1 Å². The Morgan fingerprint density at radius 1 is 1.07 bits per heavy atom. The summed E-state index contributed by atoms with van der Waals surface area (Å²) >= 11 is 0. The van der Waals surface area contributed by atoms with Crippen LogP contribution >= 0.6 is 0 Å². The molecule has 3 aromatic rings. The van der Waals surface area contributed by atoms with Crippen molar-refractivity contribution in [1.29, 1.82) is 0 Å². The molecule has 2 fully saturated rings. The van der Waals surface area contributed by atoms with Crippen molar-refractivity contribution in [2.45, 2.75) is 25.7 Å². The van der Waals surface area contributed by atoms with Crippen LogP contribution < -0.4 is 5.73 Å². The molecule has 2 aliphatic heterocycles. The van der Waals surface area contributed by atoms with Crippen molar-refractivity contribution in [1.82, 2.24) is 14.3 Å². The van der Waals surface area contributed by atoms with Crippen LogP contribution in [-0.2, 0) is 6.42 Å². The van der Waals surface area contributed by atoms with Gasteiger partial charge in [-0.15, -0.1) is 0 Å². The largest absolute Gasteiger partial charge is 0.387 e. The van der Waals surface area contributed by atoms with Crippen LogP contribution in [0.2, 0.25) is 0 Å². The minimum atomic E-state index is 0.691. The fraction of sp³-hybridized carbons (Fsp3) is 0.333. The smallest absolute Gasteiger partial charge is 0.137 e. The number of hydrogen-bond acceptors (Lipinski definition) is 4. The summed E-state index contributed by atoms with van der Waals surface area (Å²) in [5.74, 6) is 2.36. The quantitative estimate of drug-likeness (QED) is 0.736. The molecule has 0 spiro atoms. The highest BCUT2D eigenvalue weighted by Gasteiger charge is 2.33. The van der Waals surface area contributed by atoms with Gasteiger partial charge in [0.05, 0.1) is 23.3 Å². The van der Waals surface area contributed by atoms with Crippen molar-refractivity contribution in [2.24, 2.45) is 22.6 Å². The summed E-state index contributed by atoms with van der Waals surface area (Å²) in [6, 6.07) is 10.6. The molecular weight excluding hydrogens is 358 g/mol. The molecule has 5 nitrogen and oxygen atoms in total. The summed E-state index contributed by atoms with van der Waals surface area (Å²) in [5.41, 5.74) is 13.5. The lowest BCUT2D eigenvalue weighted by Crippen LogP contribution is -2.35. The molecule has 1 saturated heterocycles. The number of aliphatic imine (C=N–C) groups is 1. The monoisotopic (exact) mass is 383 g/mol. The van der Waals surface area contributed by atoms with Crippen LogP contribution in [0.3, 0.4) is 0 Å². The molecule has 1 aromatic carbocycles. The highest BCUT2D eigenvalue weighted by Crippen LogP contribution is 2.39. The van der Waals surface area contributed by atoms with Gasteiger partial charge in [-0.2, -0.15) is 0 Å². The van der Waals surface area contributed by atoms with E-state index in [0.717, 1.165) is 65.2 Å². The molecule has 5 heteroatoms. The number of pyridine rings is 1. The summed E-state index contributed by atoms with van der Waals surface area (Å²) in [7, 11) is 0. The van der Waals surface area contributed by atoms with Crippen LogP contribution in [0.15, 0.2) is 54.3 Å². The highest BCUT2D eigenvalue weighted by molar-refractivity contribution is 5.91. The van der Waals surface area contributed by atoms with Crippen LogP contribution in [-0.4, -0.2) is 33.2 Å². The first kappa shape index (κ1) is 16.8. The molecule has 29 heavy (non-hydrogen) atoms. The van der Waals surface area contributed by atoms with Crippen LogP contribution in [0.25, 0.3) is 22.5 Å². The Bertz CT molecular complexity index is 1160. The first-order valence-corrected chi connectivity index (χ1v) is 10.5. The molecule has 2 unspecified atom stereocenters. The Balaban J connectivity index is 1.36. The first-order chi connectivity index (χ1) is 14.1. The van der Waals surface area contributed by atoms with Crippen LogP contribution in [0.5, 0.6) is 0 Å². The van der Waals surface area contributed by atoms with Crippen molar-refractivity contribution >= 4 is 22.9 Å². The van der Waals surface area contributed by atoms with Crippen molar-refractivity contribution < 1.29 is 0 Å². The summed E-state index contributed by atoms with van der Waals surface area (Å²) in [4.78, 5) is 11.6.